The van der Waals surface area contributed by atoms with Crippen LogP contribution < -0.4 is 4.72 Å². The smallest absolute Gasteiger partial charge is 0.236 e. The van der Waals surface area contributed by atoms with Crippen molar-refractivity contribution < 1.29 is 8.42 Å². The van der Waals surface area contributed by atoms with E-state index < -0.39 is 10.0 Å². The first kappa shape index (κ1) is 10.4. The van der Waals surface area contributed by atoms with Gasteiger partial charge in [-0.3, -0.25) is 4.72 Å². The number of aromatic nitrogens is 2. The largest absolute Gasteiger partial charge is 0.251 e. The second-order valence-corrected chi connectivity index (χ2v) is 5.10. The predicted molar refractivity (Wildman–Crippen MR) is 52.9 cm³/mol. The van der Waals surface area contributed by atoms with E-state index in [2.05, 4.69) is 30.6 Å². The van der Waals surface area contributed by atoms with E-state index in [0.717, 1.165) is 10.7 Å². The van der Waals surface area contributed by atoms with Crippen LogP contribution in [-0.4, -0.2) is 24.6 Å². The van der Waals surface area contributed by atoms with Crippen LogP contribution in [0.5, 0.6) is 0 Å². The average molecular weight is 266 g/mol. The standard InChI is InChI=1S/C6H8BrN3O2S/c1-4-5(7)3-8-6(9-4)10-13(2,11)12/h3H,1-2H3,(H,8,9,10). The zero-order chi connectivity index (χ0) is 10.1. The summed E-state index contributed by atoms with van der Waals surface area (Å²) in [5.74, 6) is 0.0863. The van der Waals surface area contributed by atoms with Crippen molar-refractivity contribution in [2.24, 2.45) is 0 Å². The Morgan fingerprint density at radius 3 is 2.62 bits per heavy atom. The summed E-state index contributed by atoms with van der Waals surface area (Å²) in [5.41, 5.74) is 0.682. The Hall–Kier alpha value is -0.690. The van der Waals surface area contributed by atoms with E-state index in [-0.39, 0.29) is 5.95 Å². The Balaban J connectivity index is 2.99. The molecular weight excluding hydrogens is 258 g/mol. The van der Waals surface area contributed by atoms with Crippen LogP contribution in [0.4, 0.5) is 5.95 Å². The fourth-order valence-electron chi connectivity index (χ4n) is 0.667. The molecule has 0 bridgehead atoms. The van der Waals surface area contributed by atoms with Crippen LogP contribution in [0.2, 0.25) is 0 Å². The van der Waals surface area contributed by atoms with Crippen molar-refractivity contribution in [3.8, 4) is 0 Å². The van der Waals surface area contributed by atoms with E-state index in [1.165, 1.54) is 6.20 Å². The molecule has 1 aromatic heterocycles. The monoisotopic (exact) mass is 265 g/mol. The summed E-state index contributed by atoms with van der Waals surface area (Å²) in [6, 6.07) is 0. The molecule has 0 spiro atoms. The highest BCUT2D eigenvalue weighted by Crippen LogP contribution is 2.13. The first-order valence-electron chi connectivity index (χ1n) is 3.35. The Bertz CT molecular complexity index is 418. The van der Waals surface area contributed by atoms with Crippen LogP contribution in [0.15, 0.2) is 10.7 Å². The lowest BCUT2D eigenvalue weighted by atomic mass is 10.5. The third kappa shape index (κ3) is 3.27. The molecule has 0 amide bonds. The second kappa shape index (κ2) is 3.59. The summed E-state index contributed by atoms with van der Waals surface area (Å²) in [6.45, 7) is 1.75. The first-order valence-corrected chi connectivity index (χ1v) is 6.04. The van der Waals surface area contributed by atoms with E-state index in [1.807, 2.05) is 0 Å². The molecule has 0 unspecified atom stereocenters. The number of aryl methyl sites for hydroxylation is 1. The molecular formula is C6H8BrN3O2S. The molecule has 0 aromatic carbocycles. The maximum absolute atomic E-state index is 10.8. The van der Waals surface area contributed by atoms with Crippen LogP contribution >= 0.6 is 15.9 Å². The number of hydrogen-bond donors (Lipinski definition) is 1. The number of nitrogens with zero attached hydrogens (tertiary/aromatic N) is 2. The molecule has 0 aliphatic heterocycles. The summed E-state index contributed by atoms with van der Waals surface area (Å²) >= 11 is 3.21. The van der Waals surface area contributed by atoms with Gasteiger partial charge in [-0.25, -0.2) is 18.4 Å². The van der Waals surface area contributed by atoms with Gasteiger partial charge in [0.25, 0.3) is 0 Å². The quantitative estimate of drug-likeness (QED) is 0.863. The third-order valence-electron chi connectivity index (χ3n) is 1.20. The highest BCUT2D eigenvalue weighted by molar-refractivity contribution is 9.10. The minimum Gasteiger partial charge on any atom is -0.251 e. The van der Waals surface area contributed by atoms with Gasteiger partial charge in [-0.15, -0.1) is 0 Å². The normalized spacial score (nSPS) is 11.3. The van der Waals surface area contributed by atoms with Gasteiger partial charge in [-0.2, -0.15) is 0 Å². The number of rotatable bonds is 2. The zero-order valence-corrected chi connectivity index (χ0v) is 9.48. The van der Waals surface area contributed by atoms with Gasteiger partial charge in [-0.05, 0) is 22.9 Å². The summed E-state index contributed by atoms with van der Waals surface area (Å²) in [4.78, 5) is 7.69. The lowest BCUT2D eigenvalue weighted by Gasteiger charge is -2.02. The lowest BCUT2D eigenvalue weighted by Crippen LogP contribution is -2.12. The summed E-state index contributed by atoms with van der Waals surface area (Å²) in [6.07, 6.45) is 2.55. The highest BCUT2D eigenvalue weighted by atomic mass is 79.9. The Morgan fingerprint density at radius 2 is 2.15 bits per heavy atom. The van der Waals surface area contributed by atoms with Gasteiger partial charge in [0, 0.05) is 6.20 Å². The molecule has 1 N–H and O–H groups in total. The van der Waals surface area contributed by atoms with Gasteiger partial charge in [0.2, 0.25) is 16.0 Å². The van der Waals surface area contributed by atoms with Crippen LogP contribution in [-0.2, 0) is 10.0 Å². The Morgan fingerprint density at radius 1 is 1.54 bits per heavy atom. The molecule has 72 valence electrons. The second-order valence-electron chi connectivity index (χ2n) is 2.50. The topological polar surface area (TPSA) is 72.0 Å². The first-order chi connectivity index (χ1) is 5.88. The molecule has 0 saturated carbocycles. The van der Waals surface area contributed by atoms with Crippen molar-refractivity contribution >= 4 is 31.9 Å². The summed E-state index contributed by atoms with van der Waals surface area (Å²) in [7, 11) is -3.30. The highest BCUT2D eigenvalue weighted by Gasteiger charge is 2.05. The molecule has 0 atom stereocenters. The number of nitrogens with one attached hydrogen (secondary N) is 1. The van der Waals surface area contributed by atoms with Crippen molar-refractivity contribution in [3.63, 3.8) is 0 Å². The van der Waals surface area contributed by atoms with Crippen LogP contribution in [0.25, 0.3) is 0 Å². The maximum Gasteiger partial charge on any atom is 0.236 e. The number of hydrogen-bond acceptors (Lipinski definition) is 4. The van der Waals surface area contributed by atoms with Crippen LogP contribution in [0.1, 0.15) is 5.69 Å². The van der Waals surface area contributed by atoms with E-state index in [4.69, 9.17) is 0 Å². The maximum atomic E-state index is 10.8. The molecule has 7 heteroatoms. The Kier molecular flexibility index (Phi) is 2.87. The minimum absolute atomic E-state index is 0.0863. The van der Waals surface area contributed by atoms with Crippen molar-refractivity contribution in [1.29, 1.82) is 0 Å². The molecule has 0 radical (unpaired) electrons. The van der Waals surface area contributed by atoms with E-state index in [1.54, 1.807) is 6.92 Å². The molecule has 0 fully saturated rings. The Labute approximate surface area is 84.8 Å². The van der Waals surface area contributed by atoms with Crippen molar-refractivity contribution in [2.45, 2.75) is 6.92 Å². The van der Waals surface area contributed by atoms with Crippen LogP contribution in [0, 0.1) is 6.92 Å². The molecule has 1 aromatic rings. The predicted octanol–water partition coefficient (Wildman–Crippen LogP) is 0.919. The van der Waals surface area contributed by atoms with E-state index in [9.17, 15) is 8.42 Å². The fraction of sp³-hybridized carbons (Fsp3) is 0.333. The van der Waals surface area contributed by atoms with Crippen molar-refractivity contribution in [2.75, 3.05) is 11.0 Å². The van der Waals surface area contributed by atoms with E-state index >= 15 is 0 Å². The van der Waals surface area contributed by atoms with Gasteiger partial charge in [0.15, 0.2) is 0 Å². The molecule has 5 nitrogen and oxygen atoms in total. The number of sulfonamides is 1. The van der Waals surface area contributed by atoms with Gasteiger partial charge in [0.1, 0.15) is 0 Å². The summed E-state index contributed by atoms with van der Waals surface area (Å²) in [5, 5.41) is 0. The fourth-order valence-corrected chi connectivity index (χ4v) is 1.29. The molecule has 0 saturated heterocycles. The van der Waals surface area contributed by atoms with Gasteiger partial charge in [0.05, 0.1) is 16.4 Å². The van der Waals surface area contributed by atoms with Gasteiger partial charge >= 0.3 is 0 Å². The molecule has 0 aliphatic rings. The summed E-state index contributed by atoms with van der Waals surface area (Å²) < 4.78 is 24.5. The number of anilines is 1. The zero-order valence-electron chi connectivity index (χ0n) is 7.07. The van der Waals surface area contributed by atoms with Crippen LogP contribution in [0.3, 0.4) is 0 Å². The van der Waals surface area contributed by atoms with E-state index in [0.29, 0.717) is 5.69 Å². The molecule has 0 aliphatic carbocycles. The molecule has 1 rings (SSSR count). The minimum atomic E-state index is -3.30. The average Bonchev–Trinajstić information content (AvgIpc) is 1.94. The van der Waals surface area contributed by atoms with Crippen molar-refractivity contribution in [3.05, 3.63) is 16.4 Å². The van der Waals surface area contributed by atoms with Gasteiger partial charge < -0.3 is 0 Å². The lowest BCUT2D eigenvalue weighted by molar-refractivity contribution is 0.606. The van der Waals surface area contributed by atoms with Gasteiger partial charge in [-0.1, -0.05) is 0 Å². The number of halogens is 1. The molecule has 13 heavy (non-hydrogen) atoms. The SMILES string of the molecule is Cc1nc(NS(C)(=O)=O)ncc1Br. The van der Waals surface area contributed by atoms with Crippen molar-refractivity contribution in [1.82, 2.24) is 9.97 Å². The third-order valence-corrected chi connectivity index (χ3v) is 2.53. The molecule has 1 heterocycles.